The molecule has 2 amide bonds. The van der Waals surface area contributed by atoms with Gasteiger partial charge >= 0.3 is 6.03 Å². The minimum Gasteiger partial charge on any atom is -0.338 e. The first-order valence-electron chi connectivity index (χ1n) is 9.36. The summed E-state index contributed by atoms with van der Waals surface area (Å²) in [6.45, 7) is 3.59. The van der Waals surface area contributed by atoms with E-state index in [1.807, 2.05) is 18.0 Å². The number of amides is 2. The van der Waals surface area contributed by atoms with Crippen molar-refractivity contribution in [1.82, 2.24) is 15.1 Å². The van der Waals surface area contributed by atoms with Crippen molar-refractivity contribution in [1.29, 1.82) is 0 Å². The molecule has 1 saturated carbocycles. The van der Waals surface area contributed by atoms with Crippen LogP contribution in [0.15, 0.2) is 30.3 Å². The van der Waals surface area contributed by atoms with Crippen LogP contribution in [0.25, 0.3) is 0 Å². The lowest BCUT2D eigenvalue weighted by Crippen LogP contribution is -2.41. The third kappa shape index (κ3) is 6.91. The molecule has 1 fully saturated rings. The molecule has 2 rings (SSSR count). The lowest BCUT2D eigenvalue weighted by atomic mass is 9.89. The molecule has 1 N–H and O–H groups in total. The number of hydrogen-bond donors (Lipinski definition) is 1. The molecule has 24 heavy (non-hydrogen) atoms. The van der Waals surface area contributed by atoms with Crippen molar-refractivity contribution in [2.45, 2.75) is 45.1 Å². The first-order valence-corrected chi connectivity index (χ1v) is 9.36. The molecule has 0 bridgehead atoms. The minimum atomic E-state index is 0.0753. The van der Waals surface area contributed by atoms with Gasteiger partial charge in [-0.3, -0.25) is 0 Å². The number of rotatable bonds is 8. The van der Waals surface area contributed by atoms with Gasteiger partial charge in [0.05, 0.1) is 0 Å². The van der Waals surface area contributed by atoms with Gasteiger partial charge in [0.2, 0.25) is 0 Å². The second-order valence-corrected chi connectivity index (χ2v) is 7.19. The third-order valence-corrected chi connectivity index (χ3v) is 4.89. The van der Waals surface area contributed by atoms with E-state index in [1.165, 1.54) is 37.7 Å². The molecule has 0 atom stereocenters. The normalized spacial score (nSPS) is 15.5. The number of carbonyl (C=O) groups is 1. The molecule has 0 aromatic heterocycles. The maximum Gasteiger partial charge on any atom is 0.317 e. The van der Waals surface area contributed by atoms with Crippen LogP contribution in [0.2, 0.25) is 0 Å². The number of nitrogens with one attached hydrogen (secondary N) is 1. The van der Waals surface area contributed by atoms with Gasteiger partial charge in [-0.2, -0.15) is 0 Å². The second-order valence-electron chi connectivity index (χ2n) is 7.19. The number of urea groups is 1. The van der Waals surface area contributed by atoms with Crippen molar-refractivity contribution >= 4 is 6.03 Å². The smallest absolute Gasteiger partial charge is 0.317 e. The summed E-state index contributed by atoms with van der Waals surface area (Å²) < 4.78 is 0. The fourth-order valence-corrected chi connectivity index (χ4v) is 3.49. The van der Waals surface area contributed by atoms with Crippen LogP contribution in [-0.2, 0) is 6.54 Å². The Morgan fingerprint density at radius 3 is 2.54 bits per heavy atom. The van der Waals surface area contributed by atoms with Crippen LogP contribution < -0.4 is 5.32 Å². The number of nitrogens with zero attached hydrogens (tertiary/aromatic N) is 2. The number of hydrogen-bond acceptors (Lipinski definition) is 2. The molecule has 1 aliphatic carbocycles. The molecule has 0 unspecified atom stereocenters. The Balaban J connectivity index is 1.56. The highest BCUT2D eigenvalue weighted by atomic mass is 16.2. The molecule has 0 heterocycles. The van der Waals surface area contributed by atoms with E-state index in [0.29, 0.717) is 5.92 Å². The van der Waals surface area contributed by atoms with E-state index in [2.05, 4.69) is 41.5 Å². The van der Waals surface area contributed by atoms with Crippen molar-refractivity contribution in [3.05, 3.63) is 35.9 Å². The van der Waals surface area contributed by atoms with Crippen LogP contribution in [-0.4, -0.2) is 49.6 Å². The van der Waals surface area contributed by atoms with Crippen molar-refractivity contribution < 1.29 is 4.79 Å². The first-order chi connectivity index (χ1) is 11.6. The Hall–Kier alpha value is -1.55. The number of carbonyl (C=O) groups excluding carboxylic acids is 1. The summed E-state index contributed by atoms with van der Waals surface area (Å²) >= 11 is 0. The Bertz CT molecular complexity index is 471. The van der Waals surface area contributed by atoms with Gasteiger partial charge in [0.1, 0.15) is 0 Å². The molecule has 0 spiro atoms. The Morgan fingerprint density at radius 1 is 1.12 bits per heavy atom. The van der Waals surface area contributed by atoms with Gasteiger partial charge in [0, 0.05) is 26.7 Å². The molecule has 1 aromatic rings. The van der Waals surface area contributed by atoms with Crippen LogP contribution in [0.1, 0.15) is 44.1 Å². The zero-order chi connectivity index (χ0) is 17.2. The third-order valence-electron chi connectivity index (χ3n) is 4.89. The molecule has 4 heteroatoms. The Labute approximate surface area is 147 Å². The van der Waals surface area contributed by atoms with Crippen molar-refractivity contribution in [2.24, 2.45) is 5.92 Å². The van der Waals surface area contributed by atoms with Crippen LogP contribution in [0.4, 0.5) is 4.79 Å². The lowest BCUT2D eigenvalue weighted by Gasteiger charge is -2.27. The summed E-state index contributed by atoms with van der Waals surface area (Å²) in [6, 6.07) is 10.6. The predicted molar refractivity (Wildman–Crippen MR) is 100.0 cm³/mol. The van der Waals surface area contributed by atoms with Crippen LogP contribution >= 0.6 is 0 Å². The molecule has 0 saturated heterocycles. The van der Waals surface area contributed by atoms with E-state index in [-0.39, 0.29) is 6.03 Å². The van der Waals surface area contributed by atoms with E-state index < -0.39 is 0 Å². The highest BCUT2D eigenvalue weighted by Gasteiger charge is 2.17. The highest BCUT2D eigenvalue weighted by molar-refractivity contribution is 5.73. The van der Waals surface area contributed by atoms with Crippen molar-refractivity contribution in [3.8, 4) is 0 Å². The SMILES string of the molecule is CN(CCCNC(=O)N(C)CC1CCCCC1)Cc1ccccc1. The summed E-state index contributed by atoms with van der Waals surface area (Å²) in [4.78, 5) is 16.3. The summed E-state index contributed by atoms with van der Waals surface area (Å²) in [7, 11) is 4.05. The van der Waals surface area contributed by atoms with E-state index in [1.54, 1.807) is 0 Å². The minimum absolute atomic E-state index is 0.0753. The van der Waals surface area contributed by atoms with E-state index in [4.69, 9.17) is 0 Å². The molecule has 1 aromatic carbocycles. The maximum atomic E-state index is 12.2. The highest BCUT2D eigenvalue weighted by Crippen LogP contribution is 2.24. The van der Waals surface area contributed by atoms with Gasteiger partial charge in [-0.1, -0.05) is 49.6 Å². The van der Waals surface area contributed by atoms with Crippen molar-refractivity contribution in [2.75, 3.05) is 33.7 Å². The maximum absolute atomic E-state index is 12.2. The Morgan fingerprint density at radius 2 is 1.83 bits per heavy atom. The van der Waals surface area contributed by atoms with Gasteiger partial charge in [0.25, 0.3) is 0 Å². The van der Waals surface area contributed by atoms with Gasteiger partial charge in [-0.15, -0.1) is 0 Å². The zero-order valence-electron chi connectivity index (χ0n) is 15.3. The van der Waals surface area contributed by atoms with Crippen molar-refractivity contribution in [3.63, 3.8) is 0 Å². The van der Waals surface area contributed by atoms with Gasteiger partial charge in [-0.05, 0) is 44.3 Å². The average molecular weight is 332 g/mol. The van der Waals surface area contributed by atoms with E-state index >= 15 is 0 Å². The van der Waals surface area contributed by atoms with Gasteiger partial charge in [-0.25, -0.2) is 4.79 Å². The average Bonchev–Trinajstić information content (AvgIpc) is 2.60. The van der Waals surface area contributed by atoms with E-state index in [0.717, 1.165) is 32.6 Å². The molecule has 134 valence electrons. The van der Waals surface area contributed by atoms with Gasteiger partial charge < -0.3 is 15.1 Å². The summed E-state index contributed by atoms with van der Waals surface area (Å²) in [6.07, 6.45) is 7.56. The molecule has 1 aliphatic rings. The fraction of sp³-hybridized carbons (Fsp3) is 0.650. The topological polar surface area (TPSA) is 35.6 Å². The van der Waals surface area contributed by atoms with Crippen LogP contribution in [0, 0.1) is 5.92 Å². The molecule has 4 nitrogen and oxygen atoms in total. The number of benzene rings is 1. The monoisotopic (exact) mass is 331 g/mol. The summed E-state index contributed by atoms with van der Waals surface area (Å²) in [5.74, 6) is 0.700. The summed E-state index contributed by atoms with van der Waals surface area (Å²) in [5.41, 5.74) is 1.33. The quantitative estimate of drug-likeness (QED) is 0.737. The predicted octanol–water partition coefficient (Wildman–Crippen LogP) is 3.73. The van der Waals surface area contributed by atoms with E-state index in [9.17, 15) is 4.79 Å². The second kappa shape index (κ2) is 10.3. The Kier molecular flexibility index (Phi) is 8.10. The lowest BCUT2D eigenvalue weighted by molar-refractivity contribution is 0.191. The molecular weight excluding hydrogens is 298 g/mol. The molecule has 0 aliphatic heterocycles. The van der Waals surface area contributed by atoms with Crippen LogP contribution in [0.3, 0.4) is 0 Å². The zero-order valence-corrected chi connectivity index (χ0v) is 15.3. The fourth-order valence-electron chi connectivity index (χ4n) is 3.49. The van der Waals surface area contributed by atoms with Gasteiger partial charge in [0.15, 0.2) is 0 Å². The molecular formula is C20H33N3O. The largest absolute Gasteiger partial charge is 0.338 e. The van der Waals surface area contributed by atoms with Crippen LogP contribution in [0.5, 0.6) is 0 Å². The standard InChI is InChI=1S/C20H33N3O/c1-22(16-18-10-5-3-6-11-18)15-9-14-21-20(24)23(2)17-19-12-7-4-8-13-19/h3,5-6,10-11,19H,4,7-9,12-17H2,1-2H3,(H,21,24). The molecule has 0 radical (unpaired) electrons. The summed E-state index contributed by atoms with van der Waals surface area (Å²) in [5, 5.41) is 3.05. The first kappa shape index (κ1) is 18.8.